The van der Waals surface area contributed by atoms with Crippen molar-refractivity contribution in [3.05, 3.63) is 53.8 Å². The summed E-state index contributed by atoms with van der Waals surface area (Å²) in [6.45, 7) is 1.67. The molecule has 0 radical (unpaired) electrons. The number of benzene rings is 2. The van der Waals surface area contributed by atoms with Crippen LogP contribution in [0.5, 0.6) is 0 Å². The average Bonchev–Trinajstić information content (AvgIpc) is 2.51. The van der Waals surface area contributed by atoms with Crippen molar-refractivity contribution in [2.45, 2.75) is 11.8 Å². The minimum Gasteiger partial charge on any atom is -0.308 e. The second-order valence-electron chi connectivity index (χ2n) is 5.33. The van der Waals surface area contributed by atoms with E-state index in [2.05, 4.69) is 10.6 Å². The predicted molar refractivity (Wildman–Crippen MR) is 91.1 cm³/mol. The third-order valence-electron chi connectivity index (χ3n) is 3.33. The van der Waals surface area contributed by atoms with E-state index in [1.54, 1.807) is 25.1 Å². The smallest absolute Gasteiger partial charge is 0.308 e. The van der Waals surface area contributed by atoms with Gasteiger partial charge in [-0.05, 0) is 36.8 Å². The standard InChI is InChI=1S/C16H18FN3O3S/c1-11-8-9-12(10-15(11)24(22,23)20(2)3)18-16(21)19-14-7-5-4-6-13(14)17/h4-10H,1-3H3,(H2,18,19,21). The van der Waals surface area contributed by atoms with Crippen molar-refractivity contribution in [3.8, 4) is 0 Å². The third-order valence-corrected chi connectivity index (χ3v) is 5.28. The van der Waals surface area contributed by atoms with Gasteiger partial charge in [0.1, 0.15) is 5.82 Å². The summed E-state index contributed by atoms with van der Waals surface area (Å²) in [6, 6.07) is 9.61. The van der Waals surface area contributed by atoms with E-state index in [9.17, 15) is 17.6 Å². The molecule has 2 aromatic carbocycles. The SMILES string of the molecule is Cc1ccc(NC(=O)Nc2ccccc2F)cc1S(=O)(=O)N(C)C. The normalized spacial score (nSPS) is 11.4. The van der Waals surface area contributed by atoms with Crippen molar-refractivity contribution >= 4 is 27.4 Å². The van der Waals surface area contributed by atoms with Crippen LogP contribution >= 0.6 is 0 Å². The van der Waals surface area contributed by atoms with Gasteiger partial charge in [0.2, 0.25) is 10.0 Å². The highest BCUT2D eigenvalue weighted by atomic mass is 32.2. The van der Waals surface area contributed by atoms with Crippen LogP contribution in [0.2, 0.25) is 0 Å². The molecule has 0 heterocycles. The van der Waals surface area contributed by atoms with Crippen LogP contribution in [-0.4, -0.2) is 32.8 Å². The molecule has 0 atom stereocenters. The molecule has 128 valence electrons. The van der Waals surface area contributed by atoms with Crippen molar-refractivity contribution in [2.75, 3.05) is 24.7 Å². The molecule has 24 heavy (non-hydrogen) atoms. The van der Waals surface area contributed by atoms with Gasteiger partial charge in [0.15, 0.2) is 0 Å². The molecule has 0 aliphatic rings. The number of nitrogens with zero attached hydrogens (tertiary/aromatic N) is 1. The van der Waals surface area contributed by atoms with Crippen LogP contribution in [0.4, 0.5) is 20.6 Å². The number of aryl methyl sites for hydroxylation is 1. The van der Waals surface area contributed by atoms with Crippen molar-refractivity contribution in [2.24, 2.45) is 0 Å². The maximum Gasteiger partial charge on any atom is 0.323 e. The lowest BCUT2D eigenvalue weighted by Gasteiger charge is -2.15. The number of carbonyl (C=O) groups excluding carboxylic acids is 1. The Labute approximate surface area is 140 Å². The molecule has 0 bridgehead atoms. The zero-order valence-electron chi connectivity index (χ0n) is 13.5. The average molecular weight is 351 g/mol. The first-order chi connectivity index (χ1) is 11.2. The Bertz CT molecular complexity index is 867. The molecule has 2 rings (SSSR count). The van der Waals surface area contributed by atoms with E-state index >= 15 is 0 Å². The van der Waals surface area contributed by atoms with Gasteiger partial charge in [-0.25, -0.2) is 21.9 Å². The fraction of sp³-hybridized carbons (Fsp3) is 0.188. The lowest BCUT2D eigenvalue weighted by atomic mass is 10.2. The molecule has 0 saturated heterocycles. The highest BCUT2D eigenvalue weighted by Crippen LogP contribution is 2.22. The number of sulfonamides is 1. The molecule has 6 nitrogen and oxygen atoms in total. The van der Waals surface area contributed by atoms with E-state index in [0.29, 0.717) is 5.56 Å². The fourth-order valence-electron chi connectivity index (χ4n) is 2.00. The summed E-state index contributed by atoms with van der Waals surface area (Å²) in [4.78, 5) is 12.1. The first-order valence-electron chi connectivity index (χ1n) is 7.07. The highest BCUT2D eigenvalue weighted by molar-refractivity contribution is 7.89. The molecule has 0 fully saturated rings. The third kappa shape index (κ3) is 3.90. The molecule has 0 unspecified atom stereocenters. The number of halogens is 1. The molecular formula is C16H18FN3O3S. The van der Waals surface area contributed by atoms with Crippen LogP contribution in [0.1, 0.15) is 5.56 Å². The number of anilines is 2. The maximum atomic E-state index is 13.5. The number of rotatable bonds is 4. The van der Waals surface area contributed by atoms with E-state index in [-0.39, 0.29) is 16.3 Å². The van der Waals surface area contributed by atoms with E-state index in [0.717, 1.165) is 4.31 Å². The topological polar surface area (TPSA) is 78.5 Å². The fourth-order valence-corrected chi connectivity index (χ4v) is 3.14. The monoisotopic (exact) mass is 351 g/mol. The first kappa shape index (κ1) is 17.9. The number of nitrogens with one attached hydrogen (secondary N) is 2. The summed E-state index contributed by atoms with van der Waals surface area (Å²) in [7, 11) is -0.769. The minimum absolute atomic E-state index is 0.0308. The van der Waals surface area contributed by atoms with Crippen LogP contribution in [0.25, 0.3) is 0 Å². The Morgan fingerprint density at radius 2 is 1.75 bits per heavy atom. The number of hydrogen-bond donors (Lipinski definition) is 2. The minimum atomic E-state index is -3.63. The first-order valence-corrected chi connectivity index (χ1v) is 8.51. The van der Waals surface area contributed by atoms with E-state index in [1.807, 2.05) is 0 Å². The molecule has 2 aromatic rings. The van der Waals surface area contributed by atoms with Gasteiger partial charge >= 0.3 is 6.03 Å². The summed E-state index contributed by atoms with van der Waals surface area (Å²) in [5.74, 6) is -0.563. The zero-order valence-corrected chi connectivity index (χ0v) is 14.3. The van der Waals surface area contributed by atoms with E-state index < -0.39 is 21.9 Å². The molecule has 0 aliphatic heterocycles. The molecule has 2 N–H and O–H groups in total. The van der Waals surface area contributed by atoms with Gasteiger partial charge in [0, 0.05) is 19.8 Å². The quantitative estimate of drug-likeness (QED) is 0.889. The van der Waals surface area contributed by atoms with E-state index in [4.69, 9.17) is 0 Å². The van der Waals surface area contributed by atoms with Gasteiger partial charge in [-0.1, -0.05) is 18.2 Å². The van der Waals surface area contributed by atoms with Crippen LogP contribution in [0.15, 0.2) is 47.4 Å². The lowest BCUT2D eigenvalue weighted by molar-refractivity contribution is 0.262. The van der Waals surface area contributed by atoms with Crippen molar-refractivity contribution in [1.29, 1.82) is 0 Å². The Morgan fingerprint density at radius 3 is 2.38 bits per heavy atom. The molecule has 0 spiro atoms. The Balaban J connectivity index is 2.22. The Hall–Kier alpha value is -2.45. The van der Waals surface area contributed by atoms with Gasteiger partial charge in [-0.2, -0.15) is 0 Å². The number of hydrogen-bond acceptors (Lipinski definition) is 3. The molecule has 8 heteroatoms. The number of para-hydroxylation sites is 1. The van der Waals surface area contributed by atoms with Crippen molar-refractivity contribution in [1.82, 2.24) is 4.31 Å². The Morgan fingerprint density at radius 1 is 1.08 bits per heavy atom. The predicted octanol–water partition coefficient (Wildman–Crippen LogP) is 3.03. The van der Waals surface area contributed by atoms with E-state index in [1.165, 1.54) is 38.4 Å². The van der Waals surface area contributed by atoms with Crippen LogP contribution < -0.4 is 10.6 Å². The summed E-state index contributed by atoms with van der Waals surface area (Å²) in [6.07, 6.45) is 0. The van der Waals surface area contributed by atoms with Gasteiger partial charge in [0.05, 0.1) is 10.6 Å². The van der Waals surface area contributed by atoms with Gasteiger partial charge in [-0.15, -0.1) is 0 Å². The summed E-state index contributed by atoms with van der Waals surface area (Å²) >= 11 is 0. The van der Waals surface area contributed by atoms with Crippen LogP contribution in [0.3, 0.4) is 0 Å². The summed E-state index contributed by atoms with van der Waals surface area (Å²) < 4.78 is 39.2. The van der Waals surface area contributed by atoms with Crippen LogP contribution in [-0.2, 0) is 10.0 Å². The number of amides is 2. The highest BCUT2D eigenvalue weighted by Gasteiger charge is 2.20. The lowest BCUT2D eigenvalue weighted by Crippen LogP contribution is -2.24. The van der Waals surface area contributed by atoms with Crippen LogP contribution in [0, 0.1) is 12.7 Å². The largest absolute Gasteiger partial charge is 0.323 e. The molecule has 0 aliphatic carbocycles. The number of carbonyl (C=O) groups is 1. The second kappa shape index (κ2) is 6.98. The van der Waals surface area contributed by atoms with Gasteiger partial charge in [0.25, 0.3) is 0 Å². The maximum absolute atomic E-state index is 13.5. The molecular weight excluding hydrogens is 333 g/mol. The Kier molecular flexibility index (Phi) is 5.20. The van der Waals surface area contributed by atoms with Crippen molar-refractivity contribution < 1.29 is 17.6 Å². The summed E-state index contributed by atoms with van der Waals surface area (Å²) in [5.41, 5.74) is 0.877. The van der Waals surface area contributed by atoms with Crippen molar-refractivity contribution in [3.63, 3.8) is 0 Å². The molecule has 2 amide bonds. The van der Waals surface area contributed by atoms with Gasteiger partial charge < -0.3 is 10.6 Å². The zero-order chi connectivity index (χ0) is 17.9. The number of urea groups is 1. The second-order valence-corrected chi connectivity index (χ2v) is 7.45. The summed E-state index contributed by atoms with van der Waals surface area (Å²) in [5, 5.41) is 4.87. The molecule has 0 aromatic heterocycles. The van der Waals surface area contributed by atoms with Gasteiger partial charge in [-0.3, -0.25) is 0 Å². The molecule has 0 saturated carbocycles.